The number of primary amides is 1. The van der Waals surface area contributed by atoms with Gasteiger partial charge in [0.1, 0.15) is 5.75 Å². The van der Waals surface area contributed by atoms with E-state index in [1.54, 1.807) is 7.11 Å². The lowest BCUT2D eigenvalue weighted by atomic mass is 9.90. The summed E-state index contributed by atoms with van der Waals surface area (Å²) < 4.78 is 5.16. The molecule has 0 saturated carbocycles. The van der Waals surface area contributed by atoms with Gasteiger partial charge in [0.05, 0.1) is 13.7 Å². The van der Waals surface area contributed by atoms with Gasteiger partial charge < -0.3 is 10.5 Å². The van der Waals surface area contributed by atoms with Crippen molar-refractivity contribution in [3.05, 3.63) is 29.8 Å². The highest BCUT2D eigenvalue weighted by atomic mass is 16.5. The standard InChI is InChI=1S/C16H24N2O2/c1-20-15-6-4-13(5-7-15)2-3-14-8-10-18(11-9-14)12-16(17)19/h4-7,14H,2-3,8-12H2,1H3,(H2,17,19). The van der Waals surface area contributed by atoms with E-state index in [1.165, 1.54) is 24.8 Å². The summed E-state index contributed by atoms with van der Waals surface area (Å²) in [4.78, 5) is 13.0. The molecule has 1 amide bonds. The Kier molecular flexibility index (Phi) is 5.41. The van der Waals surface area contributed by atoms with Crippen molar-refractivity contribution in [2.75, 3.05) is 26.7 Å². The normalized spacial score (nSPS) is 17.1. The predicted molar refractivity (Wildman–Crippen MR) is 79.7 cm³/mol. The van der Waals surface area contributed by atoms with E-state index in [4.69, 9.17) is 10.5 Å². The lowest BCUT2D eigenvalue weighted by Crippen LogP contribution is -2.39. The van der Waals surface area contributed by atoms with Gasteiger partial charge in [-0.2, -0.15) is 0 Å². The molecule has 2 rings (SSSR count). The molecule has 0 radical (unpaired) electrons. The van der Waals surface area contributed by atoms with Crippen LogP contribution >= 0.6 is 0 Å². The van der Waals surface area contributed by atoms with Crippen LogP contribution in [0.15, 0.2) is 24.3 Å². The SMILES string of the molecule is COc1ccc(CCC2CCN(CC(N)=O)CC2)cc1. The third-order valence-corrected chi connectivity index (χ3v) is 4.09. The average Bonchev–Trinajstić information content (AvgIpc) is 2.46. The zero-order valence-electron chi connectivity index (χ0n) is 12.2. The first-order chi connectivity index (χ1) is 9.67. The van der Waals surface area contributed by atoms with Crippen LogP contribution < -0.4 is 10.5 Å². The highest BCUT2D eigenvalue weighted by molar-refractivity contribution is 5.75. The Morgan fingerprint density at radius 3 is 2.50 bits per heavy atom. The van der Waals surface area contributed by atoms with E-state index in [9.17, 15) is 4.79 Å². The van der Waals surface area contributed by atoms with Crippen molar-refractivity contribution in [1.29, 1.82) is 0 Å². The smallest absolute Gasteiger partial charge is 0.231 e. The number of carbonyl (C=O) groups is 1. The molecule has 0 atom stereocenters. The van der Waals surface area contributed by atoms with Crippen LogP contribution in [0.3, 0.4) is 0 Å². The van der Waals surface area contributed by atoms with Crippen molar-refractivity contribution in [2.45, 2.75) is 25.7 Å². The summed E-state index contributed by atoms with van der Waals surface area (Å²) in [5.41, 5.74) is 6.59. The topological polar surface area (TPSA) is 55.6 Å². The van der Waals surface area contributed by atoms with Crippen molar-refractivity contribution in [2.24, 2.45) is 11.7 Å². The first-order valence-electron chi connectivity index (χ1n) is 7.31. The number of hydrogen-bond donors (Lipinski definition) is 1. The van der Waals surface area contributed by atoms with Gasteiger partial charge in [0, 0.05) is 0 Å². The number of aryl methyl sites for hydroxylation is 1. The molecule has 0 bridgehead atoms. The molecule has 0 spiro atoms. The summed E-state index contributed by atoms with van der Waals surface area (Å²) in [5.74, 6) is 1.46. The first kappa shape index (κ1) is 14.9. The number of rotatable bonds is 6. The minimum atomic E-state index is -0.221. The summed E-state index contributed by atoms with van der Waals surface area (Å²) in [6.07, 6.45) is 4.67. The van der Waals surface area contributed by atoms with Gasteiger partial charge in [-0.3, -0.25) is 9.69 Å². The number of piperidine rings is 1. The average molecular weight is 276 g/mol. The number of nitrogens with zero attached hydrogens (tertiary/aromatic N) is 1. The van der Waals surface area contributed by atoms with E-state index in [1.807, 2.05) is 12.1 Å². The Balaban J connectivity index is 1.71. The number of carbonyl (C=O) groups excluding carboxylic acids is 1. The quantitative estimate of drug-likeness (QED) is 0.862. The molecule has 4 nitrogen and oxygen atoms in total. The second-order valence-electron chi connectivity index (χ2n) is 5.57. The predicted octanol–water partition coefficient (Wildman–Crippen LogP) is 1.83. The minimum Gasteiger partial charge on any atom is -0.497 e. The van der Waals surface area contributed by atoms with Crippen LogP contribution in [0.1, 0.15) is 24.8 Å². The Morgan fingerprint density at radius 2 is 1.95 bits per heavy atom. The van der Waals surface area contributed by atoms with Gasteiger partial charge in [-0.1, -0.05) is 12.1 Å². The highest BCUT2D eigenvalue weighted by Gasteiger charge is 2.19. The molecule has 20 heavy (non-hydrogen) atoms. The van der Waals surface area contributed by atoms with Gasteiger partial charge in [-0.05, 0) is 62.4 Å². The Bertz CT molecular complexity index is 423. The third kappa shape index (κ3) is 4.53. The summed E-state index contributed by atoms with van der Waals surface area (Å²) >= 11 is 0. The maximum atomic E-state index is 10.9. The van der Waals surface area contributed by atoms with Gasteiger partial charge in [-0.25, -0.2) is 0 Å². The molecule has 110 valence electrons. The molecule has 1 saturated heterocycles. The van der Waals surface area contributed by atoms with E-state index in [-0.39, 0.29) is 5.91 Å². The summed E-state index contributed by atoms with van der Waals surface area (Å²) in [7, 11) is 1.69. The van der Waals surface area contributed by atoms with Crippen molar-refractivity contribution in [3.8, 4) is 5.75 Å². The zero-order valence-corrected chi connectivity index (χ0v) is 12.2. The lowest BCUT2D eigenvalue weighted by Gasteiger charge is -2.31. The fourth-order valence-electron chi connectivity index (χ4n) is 2.82. The molecule has 1 aromatic carbocycles. The van der Waals surface area contributed by atoms with E-state index in [0.717, 1.165) is 31.2 Å². The highest BCUT2D eigenvalue weighted by Crippen LogP contribution is 2.22. The van der Waals surface area contributed by atoms with Crippen LogP contribution in [-0.4, -0.2) is 37.6 Å². The molecule has 1 aromatic rings. The van der Waals surface area contributed by atoms with Crippen LogP contribution in [0.5, 0.6) is 5.75 Å². The zero-order chi connectivity index (χ0) is 14.4. The van der Waals surface area contributed by atoms with E-state index in [2.05, 4.69) is 17.0 Å². The van der Waals surface area contributed by atoms with Crippen molar-refractivity contribution < 1.29 is 9.53 Å². The summed E-state index contributed by atoms with van der Waals surface area (Å²) in [6.45, 7) is 2.40. The lowest BCUT2D eigenvalue weighted by molar-refractivity contribution is -0.119. The number of likely N-dealkylation sites (tertiary alicyclic amines) is 1. The summed E-state index contributed by atoms with van der Waals surface area (Å²) in [5, 5.41) is 0. The monoisotopic (exact) mass is 276 g/mol. The Morgan fingerprint density at radius 1 is 1.30 bits per heavy atom. The van der Waals surface area contributed by atoms with Crippen LogP contribution in [-0.2, 0) is 11.2 Å². The first-order valence-corrected chi connectivity index (χ1v) is 7.31. The summed E-state index contributed by atoms with van der Waals surface area (Å²) in [6, 6.07) is 8.32. The molecule has 0 aliphatic carbocycles. The number of hydrogen-bond acceptors (Lipinski definition) is 3. The van der Waals surface area contributed by atoms with E-state index >= 15 is 0 Å². The maximum Gasteiger partial charge on any atom is 0.231 e. The van der Waals surface area contributed by atoms with E-state index < -0.39 is 0 Å². The molecular weight excluding hydrogens is 252 g/mol. The molecule has 4 heteroatoms. The molecule has 1 fully saturated rings. The minimum absolute atomic E-state index is 0.221. The second-order valence-corrected chi connectivity index (χ2v) is 5.57. The van der Waals surface area contributed by atoms with Crippen LogP contribution in [0.25, 0.3) is 0 Å². The second kappa shape index (κ2) is 7.29. The molecule has 2 N–H and O–H groups in total. The van der Waals surface area contributed by atoms with Gasteiger partial charge in [0.15, 0.2) is 0 Å². The van der Waals surface area contributed by atoms with Gasteiger partial charge >= 0.3 is 0 Å². The fraction of sp³-hybridized carbons (Fsp3) is 0.562. The van der Waals surface area contributed by atoms with Gasteiger partial charge in [0.25, 0.3) is 0 Å². The number of nitrogens with two attached hydrogens (primary N) is 1. The third-order valence-electron chi connectivity index (χ3n) is 4.09. The van der Waals surface area contributed by atoms with E-state index in [0.29, 0.717) is 6.54 Å². The molecule has 1 heterocycles. The number of methoxy groups -OCH3 is 1. The molecular formula is C16H24N2O2. The van der Waals surface area contributed by atoms with Crippen LogP contribution in [0.4, 0.5) is 0 Å². The number of benzene rings is 1. The van der Waals surface area contributed by atoms with Crippen molar-refractivity contribution in [3.63, 3.8) is 0 Å². The van der Waals surface area contributed by atoms with Gasteiger partial charge in [-0.15, -0.1) is 0 Å². The largest absolute Gasteiger partial charge is 0.497 e. The number of ether oxygens (including phenoxy) is 1. The Labute approximate surface area is 120 Å². The molecule has 0 unspecified atom stereocenters. The maximum absolute atomic E-state index is 10.9. The molecule has 0 aromatic heterocycles. The van der Waals surface area contributed by atoms with Crippen LogP contribution in [0, 0.1) is 5.92 Å². The molecule has 1 aliphatic heterocycles. The Hall–Kier alpha value is -1.55. The van der Waals surface area contributed by atoms with Gasteiger partial charge in [0.2, 0.25) is 5.91 Å². The molecule has 1 aliphatic rings. The fourth-order valence-corrected chi connectivity index (χ4v) is 2.82. The van der Waals surface area contributed by atoms with Crippen molar-refractivity contribution in [1.82, 2.24) is 4.90 Å². The van der Waals surface area contributed by atoms with Crippen LogP contribution in [0.2, 0.25) is 0 Å². The van der Waals surface area contributed by atoms with Crippen molar-refractivity contribution >= 4 is 5.91 Å². The number of amides is 1.